The molecule has 31 heavy (non-hydrogen) atoms. The van der Waals surface area contributed by atoms with Gasteiger partial charge in [0, 0.05) is 34.6 Å². The minimum atomic E-state index is -4.52. The van der Waals surface area contributed by atoms with Gasteiger partial charge < -0.3 is 14.8 Å². The molecule has 2 aromatic heterocycles. The number of aromatic amines is 1. The van der Waals surface area contributed by atoms with E-state index in [0.717, 1.165) is 22.2 Å². The van der Waals surface area contributed by atoms with Gasteiger partial charge in [0.05, 0.1) is 4.90 Å². The van der Waals surface area contributed by atoms with Gasteiger partial charge >= 0.3 is 0 Å². The SMILES string of the molecule is CNc1noc(C(F)(C2Cc3[nH]c4ccc(Cl)cc4c3C2)S(=O)(=O)c2ccccc2)n1. The molecule has 0 radical (unpaired) electrons. The summed E-state index contributed by atoms with van der Waals surface area (Å²) in [5.74, 6) is -1.54. The molecule has 7 nitrogen and oxygen atoms in total. The van der Waals surface area contributed by atoms with Gasteiger partial charge in [-0.1, -0.05) is 29.8 Å². The Balaban J connectivity index is 1.65. The summed E-state index contributed by atoms with van der Waals surface area (Å²) < 4.78 is 49.2. The van der Waals surface area contributed by atoms with Crippen LogP contribution < -0.4 is 5.32 Å². The first-order chi connectivity index (χ1) is 14.8. The molecule has 160 valence electrons. The number of sulfone groups is 1. The van der Waals surface area contributed by atoms with Crippen molar-refractivity contribution in [2.75, 3.05) is 12.4 Å². The molecule has 2 unspecified atom stereocenters. The van der Waals surface area contributed by atoms with Crippen molar-refractivity contribution in [3.05, 3.63) is 70.7 Å². The summed E-state index contributed by atoms with van der Waals surface area (Å²) in [5.41, 5.74) is 2.50. The number of hydrogen-bond acceptors (Lipinski definition) is 6. The fraction of sp³-hybridized carbons (Fsp3) is 0.238. The Morgan fingerprint density at radius 1 is 1.23 bits per heavy atom. The van der Waals surface area contributed by atoms with E-state index in [1.165, 1.54) is 19.2 Å². The molecule has 0 amide bonds. The molecule has 0 fully saturated rings. The standard InChI is InChI=1S/C21H18ClFN4O3S/c1-24-20-26-19(30-27-20)21(23,31(28,29)14-5-3-2-4-6-14)12-9-15-16-11-13(22)7-8-17(16)25-18(15)10-12/h2-8,11-12,25H,9-10H2,1H3,(H,24,27). The molecule has 2 N–H and O–H groups in total. The van der Waals surface area contributed by atoms with Crippen molar-refractivity contribution in [1.82, 2.24) is 15.1 Å². The Bertz CT molecular complexity index is 1390. The van der Waals surface area contributed by atoms with E-state index in [4.69, 9.17) is 16.1 Å². The molecule has 10 heteroatoms. The third-order valence-corrected chi connectivity index (χ3v) is 8.19. The third kappa shape index (κ3) is 2.95. The number of alkyl halides is 1. The van der Waals surface area contributed by atoms with Crippen molar-refractivity contribution in [2.45, 2.75) is 22.7 Å². The highest BCUT2D eigenvalue weighted by Crippen LogP contribution is 2.49. The van der Waals surface area contributed by atoms with Crippen LogP contribution in [0.25, 0.3) is 10.9 Å². The molecule has 0 saturated carbocycles. The zero-order valence-electron chi connectivity index (χ0n) is 16.4. The van der Waals surface area contributed by atoms with Gasteiger partial charge in [-0.15, -0.1) is 0 Å². The molecule has 0 aliphatic heterocycles. The fourth-order valence-electron chi connectivity index (χ4n) is 4.25. The fourth-order valence-corrected chi connectivity index (χ4v) is 6.20. The average Bonchev–Trinajstić information content (AvgIpc) is 3.49. The highest BCUT2D eigenvalue weighted by Gasteiger charge is 2.59. The summed E-state index contributed by atoms with van der Waals surface area (Å²) in [6.07, 6.45) is 0.344. The smallest absolute Gasteiger partial charge is 0.295 e. The number of anilines is 1. The first-order valence-corrected chi connectivity index (χ1v) is 11.5. The molecule has 0 bridgehead atoms. The van der Waals surface area contributed by atoms with Crippen molar-refractivity contribution >= 4 is 38.3 Å². The maximum atomic E-state index is 16.9. The maximum Gasteiger partial charge on any atom is 0.295 e. The van der Waals surface area contributed by atoms with E-state index in [1.807, 2.05) is 6.07 Å². The molecule has 5 rings (SSSR count). The van der Waals surface area contributed by atoms with Crippen molar-refractivity contribution < 1.29 is 17.3 Å². The van der Waals surface area contributed by atoms with Crippen molar-refractivity contribution in [3.8, 4) is 0 Å². The topological polar surface area (TPSA) is 101 Å². The predicted molar refractivity (Wildman–Crippen MR) is 114 cm³/mol. The number of halogens is 2. The minimum Gasteiger partial charge on any atom is -0.358 e. The number of aromatic nitrogens is 3. The molecule has 2 atom stereocenters. The second-order valence-corrected chi connectivity index (χ2v) is 10.0. The Hall–Kier alpha value is -2.91. The van der Waals surface area contributed by atoms with E-state index in [1.54, 1.807) is 30.3 Å². The Morgan fingerprint density at radius 2 is 2.00 bits per heavy atom. The molecule has 0 saturated heterocycles. The second kappa shape index (κ2) is 7.06. The Morgan fingerprint density at radius 3 is 2.71 bits per heavy atom. The van der Waals surface area contributed by atoms with Crippen molar-refractivity contribution in [2.24, 2.45) is 5.92 Å². The summed E-state index contributed by atoms with van der Waals surface area (Å²) >= 11 is 6.15. The number of benzene rings is 2. The Kier molecular flexibility index (Phi) is 4.56. The van der Waals surface area contributed by atoms with Crippen molar-refractivity contribution in [3.63, 3.8) is 0 Å². The van der Waals surface area contributed by atoms with Gasteiger partial charge in [0.2, 0.25) is 9.84 Å². The predicted octanol–water partition coefficient (Wildman–Crippen LogP) is 4.26. The highest BCUT2D eigenvalue weighted by atomic mass is 35.5. The summed E-state index contributed by atoms with van der Waals surface area (Å²) in [6.45, 7) is 0. The van der Waals surface area contributed by atoms with E-state index < -0.39 is 26.6 Å². The summed E-state index contributed by atoms with van der Waals surface area (Å²) in [5, 5.41) is 4.79. The van der Waals surface area contributed by atoms with Crippen LogP contribution in [0.4, 0.5) is 10.3 Å². The monoisotopic (exact) mass is 460 g/mol. The zero-order chi connectivity index (χ0) is 21.8. The summed E-state index contributed by atoms with van der Waals surface area (Å²) in [4.78, 5) is 7.10. The molecule has 4 aromatic rings. The molecular formula is C21H18ClFN4O3S. The molecule has 1 aliphatic carbocycles. The molecule has 1 aliphatic rings. The van der Waals surface area contributed by atoms with Crippen LogP contribution in [0, 0.1) is 5.92 Å². The molecule has 0 spiro atoms. The summed E-state index contributed by atoms with van der Waals surface area (Å²) in [7, 11) is -2.98. The number of rotatable bonds is 5. The maximum absolute atomic E-state index is 16.9. The molecule has 2 heterocycles. The van der Waals surface area contributed by atoms with Gasteiger partial charge in [-0.2, -0.15) is 4.98 Å². The van der Waals surface area contributed by atoms with Crippen LogP contribution in [0.1, 0.15) is 17.1 Å². The lowest BCUT2D eigenvalue weighted by molar-refractivity contribution is 0.128. The lowest BCUT2D eigenvalue weighted by atomic mass is 9.98. The van der Waals surface area contributed by atoms with E-state index >= 15 is 4.39 Å². The second-order valence-electron chi connectivity index (χ2n) is 7.51. The van der Waals surface area contributed by atoms with Gasteiger partial charge in [-0.05, 0) is 53.9 Å². The van der Waals surface area contributed by atoms with Crippen LogP contribution in [0.5, 0.6) is 0 Å². The zero-order valence-corrected chi connectivity index (χ0v) is 18.0. The van der Waals surface area contributed by atoms with Crippen molar-refractivity contribution in [1.29, 1.82) is 0 Å². The number of fused-ring (bicyclic) bond motifs is 3. The van der Waals surface area contributed by atoms with Gasteiger partial charge in [0.25, 0.3) is 16.8 Å². The van der Waals surface area contributed by atoms with Crippen LogP contribution in [0.2, 0.25) is 5.02 Å². The molecule has 2 aromatic carbocycles. The molecular weight excluding hydrogens is 443 g/mol. The third-order valence-electron chi connectivity index (χ3n) is 5.77. The lowest BCUT2D eigenvalue weighted by Crippen LogP contribution is -2.40. The lowest BCUT2D eigenvalue weighted by Gasteiger charge is -2.27. The number of hydrogen-bond donors (Lipinski definition) is 2. The van der Waals surface area contributed by atoms with Gasteiger partial charge in [-0.3, -0.25) is 0 Å². The van der Waals surface area contributed by atoms with Crippen LogP contribution in [0.3, 0.4) is 0 Å². The van der Waals surface area contributed by atoms with Gasteiger partial charge in [0.1, 0.15) is 0 Å². The van der Waals surface area contributed by atoms with Crippen LogP contribution >= 0.6 is 11.6 Å². The van der Waals surface area contributed by atoms with E-state index in [0.29, 0.717) is 5.02 Å². The van der Waals surface area contributed by atoms with Gasteiger partial charge in [0.15, 0.2) is 0 Å². The average molecular weight is 461 g/mol. The normalized spacial score (nSPS) is 18.1. The Labute approximate surface area is 182 Å². The summed E-state index contributed by atoms with van der Waals surface area (Å²) in [6, 6.07) is 12.9. The van der Waals surface area contributed by atoms with E-state index in [-0.39, 0.29) is 23.7 Å². The van der Waals surface area contributed by atoms with Crippen LogP contribution in [-0.4, -0.2) is 30.6 Å². The number of H-pyrrole nitrogens is 1. The number of nitrogens with one attached hydrogen (secondary N) is 2. The first-order valence-electron chi connectivity index (χ1n) is 9.64. The minimum absolute atomic E-state index is 0.00837. The quantitative estimate of drug-likeness (QED) is 0.461. The van der Waals surface area contributed by atoms with Gasteiger partial charge in [-0.25, -0.2) is 12.8 Å². The van der Waals surface area contributed by atoms with E-state index in [9.17, 15) is 8.42 Å². The largest absolute Gasteiger partial charge is 0.358 e. The van der Waals surface area contributed by atoms with Crippen LogP contribution in [-0.2, 0) is 27.7 Å². The first kappa shape index (κ1) is 20.0. The van der Waals surface area contributed by atoms with E-state index in [2.05, 4.69) is 20.4 Å². The number of nitrogens with zero attached hydrogens (tertiary/aromatic N) is 2. The highest BCUT2D eigenvalue weighted by molar-refractivity contribution is 7.92. The van der Waals surface area contributed by atoms with Crippen LogP contribution in [0.15, 0.2) is 57.9 Å².